The average molecular weight is 283 g/mol. The summed E-state index contributed by atoms with van der Waals surface area (Å²) in [6, 6.07) is 0. The number of rotatable bonds is 6. The van der Waals surface area contributed by atoms with E-state index in [1.165, 1.54) is 0 Å². The Kier molecular flexibility index (Phi) is 4.88. The molecule has 0 aromatic carbocycles. The second kappa shape index (κ2) is 5.98. The van der Waals surface area contributed by atoms with Crippen molar-refractivity contribution >= 4 is 22.6 Å². The van der Waals surface area contributed by atoms with Gasteiger partial charge < -0.3 is 10.4 Å². The number of aromatic nitrogens is 2. The predicted molar refractivity (Wildman–Crippen MR) is 59.4 cm³/mol. The van der Waals surface area contributed by atoms with Crippen LogP contribution in [0.4, 0.5) is 18.3 Å². The van der Waals surface area contributed by atoms with Gasteiger partial charge in [-0.25, -0.2) is 0 Å². The minimum atomic E-state index is -4.55. The summed E-state index contributed by atoms with van der Waals surface area (Å²) in [7, 11) is 0. The van der Waals surface area contributed by atoms with Crippen molar-refractivity contribution in [2.75, 3.05) is 11.9 Å². The Hall–Kier alpha value is -1.38. The van der Waals surface area contributed by atoms with Crippen LogP contribution in [0.25, 0.3) is 0 Å². The second-order valence-electron chi connectivity index (χ2n) is 3.67. The first-order valence-corrected chi connectivity index (χ1v) is 5.96. The van der Waals surface area contributed by atoms with E-state index in [2.05, 4.69) is 14.7 Å². The fourth-order valence-electron chi connectivity index (χ4n) is 1.25. The van der Waals surface area contributed by atoms with Gasteiger partial charge in [0.2, 0.25) is 11.0 Å². The van der Waals surface area contributed by atoms with Crippen molar-refractivity contribution in [1.82, 2.24) is 9.36 Å². The Bertz CT molecular complexity index is 408. The van der Waals surface area contributed by atoms with Gasteiger partial charge in [-0.15, -0.1) is 0 Å². The van der Waals surface area contributed by atoms with E-state index in [1.807, 2.05) is 6.92 Å². The lowest BCUT2D eigenvalue weighted by atomic mass is 10.0. The number of anilines is 1. The van der Waals surface area contributed by atoms with Gasteiger partial charge in [0.15, 0.2) is 0 Å². The number of hydrogen-bond acceptors (Lipinski definition) is 5. The molecular formula is C9H12F3N3O2S. The van der Waals surface area contributed by atoms with Crippen molar-refractivity contribution in [2.45, 2.75) is 25.9 Å². The normalized spacial score (nSPS) is 13.3. The molecule has 0 saturated carbocycles. The molecule has 0 saturated heterocycles. The molecule has 2 N–H and O–H groups in total. The highest BCUT2D eigenvalue weighted by molar-refractivity contribution is 7.09. The number of hydrogen-bond donors (Lipinski definition) is 2. The summed E-state index contributed by atoms with van der Waals surface area (Å²) in [5.41, 5.74) is 0. The largest absolute Gasteiger partial charge is 0.481 e. The summed E-state index contributed by atoms with van der Waals surface area (Å²) in [5.74, 6) is -2.26. The number of nitrogens with one attached hydrogen (secondary N) is 1. The van der Waals surface area contributed by atoms with E-state index in [-0.39, 0.29) is 24.0 Å². The van der Waals surface area contributed by atoms with Gasteiger partial charge in [-0.1, -0.05) is 13.3 Å². The van der Waals surface area contributed by atoms with Crippen molar-refractivity contribution in [3.05, 3.63) is 5.82 Å². The van der Waals surface area contributed by atoms with Crippen molar-refractivity contribution < 1.29 is 23.1 Å². The van der Waals surface area contributed by atoms with Crippen LogP contribution >= 0.6 is 11.5 Å². The van der Waals surface area contributed by atoms with Gasteiger partial charge in [-0.2, -0.15) is 22.5 Å². The van der Waals surface area contributed by atoms with Crippen LogP contribution in [0.3, 0.4) is 0 Å². The fourth-order valence-corrected chi connectivity index (χ4v) is 1.84. The van der Waals surface area contributed by atoms with Crippen LogP contribution in [0.1, 0.15) is 25.6 Å². The van der Waals surface area contributed by atoms with Gasteiger partial charge in [-0.3, -0.25) is 4.79 Å². The molecular weight excluding hydrogens is 271 g/mol. The molecule has 102 valence electrons. The zero-order valence-electron chi connectivity index (χ0n) is 9.49. The van der Waals surface area contributed by atoms with Gasteiger partial charge >= 0.3 is 12.1 Å². The maximum Gasteiger partial charge on any atom is 0.452 e. The molecule has 0 fully saturated rings. The summed E-state index contributed by atoms with van der Waals surface area (Å²) < 4.78 is 39.8. The summed E-state index contributed by atoms with van der Waals surface area (Å²) in [6.07, 6.45) is -3.97. The highest BCUT2D eigenvalue weighted by Gasteiger charge is 2.36. The van der Waals surface area contributed by atoms with E-state index < -0.39 is 18.0 Å². The Morgan fingerprint density at radius 2 is 2.22 bits per heavy atom. The minimum absolute atomic E-state index is 0.0333. The smallest absolute Gasteiger partial charge is 0.452 e. The quantitative estimate of drug-likeness (QED) is 0.838. The van der Waals surface area contributed by atoms with Crippen LogP contribution in [-0.2, 0) is 11.0 Å². The number of carboxylic acid groups (broad SMARTS) is 1. The molecule has 1 aromatic rings. The first-order valence-electron chi connectivity index (χ1n) is 5.19. The van der Waals surface area contributed by atoms with Crippen LogP contribution < -0.4 is 5.32 Å². The Morgan fingerprint density at radius 1 is 1.56 bits per heavy atom. The summed E-state index contributed by atoms with van der Waals surface area (Å²) in [6.45, 7) is 2.08. The van der Waals surface area contributed by atoms with E-state index >= 15 is 0 Å². The molecule has 9 heteroatoms. The molecule has 0 spiro atoms. The standard InChI is InChI=1S/C9H12F3N3O2S/c1-2-5(3-6(16)17)4-13-8-14-7(15-18-8)9(10,11)12/h5H,2-4H2,1H3,(H,16,17)(H,13,14,15). The number of aliphatic carboxylic acids is 1. The lowest BCUT2D eigenvalue weighted by Gasteiger charge is -2.12. The molecule has 1 aromatic heterocycles. The Morgan fingerprint density at radius 3 is 2.67 bits per heavy atom. The summed E-state index contributed by atoms with van der Waals surface area (Å²) >= 11 is 0.608. The average Bonchev–Trinajstić information content (AvgIpc) is 2.71. The highest BCUT2D eigenvalue weighted by Crippen LogP contribution is 2.29. The molecule has 0 aliphatic rings. The fraction of sp³-hybridized carbons (Fsp3) is 0.667. The molecule has 5 nitrogen and oxygen atoms in total. The summed E-state index contributed by atoms with van der Waals surface area (Å²) in [5, 5.41) is 11.3. The molecule has 1 rings (SSSR count). The molecule has 0 aliphatic carbocycles. The van der Waals surface area contributed by atoms with Gasteiger partial charge in [0, 0.05) is 24.5 Å². The Balaban J connectivity index is 2.52. The van der Waals surface area contributed by atoms with Crippen LogP contribution in [0.15, 0.2) is 0 Å². The van der Waals surface area contributed by atoms with E-state index in [1.54, 1.807) is 0 Å². The number of alkyl halides is 3. The Labute approximate surface area is 105 Å². The molecule has 1 heterocycles. The lowest BCUT2D eigenvalue weighted by molar-refractivity contribution is -0.144. The molecule has 0 aliphatic heterocycles. The van der Waals surface area contributed by atoms with Crippen LogP contribution in [-0.4, -0.2) is 27.0 Å². The summed E-state index contributed by atoms with van der Waals surface area (Å²) in [4.78, 5) is 13.8. The molecule has 1 unspecified atom stereocenters. The first-order chi connectivity index (χ1) is 8.32. The van der Waals surface area contributed by atoms with E-state index in [0.29, 0.717) is 18.0 Å². The maximum atomic E-state index is 12.2. The van der Waals surface area contributed by atoms with Gasteiger partial charge in [-0.05, 0) is 5.92 Å². The second-order valence-corrected chi connectivity index (χ2v) is 4.43. The van der Waals surface area contributed by atoms with Gasteiger partial charge in [0.05, 0.1) is 0 Å². The maximum absolute atomic E-state index is 12.2. The molecule has 1 atom stereocenters. The van der Waals surface area contributed by atoms with E-state index in [4.69, 9.17) is 5.11 Å². The third-order valence-corrected chi connectivity index (χ3v) is 2.93. The third-order valence-electron chi connectivity index (χ3n) is 2.26. The van der Waals surface area contributed by atoms with Gasteiger partial charge in [0.1, 0.15) is 0 Å². The highest BCUT2D eigenvalue weighted by atomic mass is 32.1. The van der Waals surface area contributed by atoms with E-state index in [9.17, 15) is 18.0 Å². The third kappa shape index (κ3) is 4.47. The molecule has 0 amide bonds. The zero-order chi connectivity index (χ0) is 13.8. The number of carbonyl (C=O) groups is 1. The zero-order valence-corrected chi connectivity index (χ0v) is 10.3. The number of nitrogens with zero attached hydrogens (tertiary/aromatic N) is 2. The minimum Gasteiger partial charge on any atom is -0.481 e. The van der Waals surface area contributed by atoms with Gasteiger partial charge in [0.25, 0.3) is 0 Å². The van der Waals surface area contributed by atoms with Crippen LogP contribution in [0, 0.1) is 5.92 Å². The molecule has 0 radical (unpaired) electrons. The topological polar surface area (TPSA) is 75.1 Å². The van der Waals surface area contributed by atoms with Crippen molar-refractivity contribution in [2.24, 2.45) is 5.92 Å². The monoisotopic (exact) mass is 283 g/mol. The predicted octanol–water partition coefficient (Wildman–Crippen LogP) is 2.47. The molecule has 0 bridgehead atoms. The lowest BCUT2D eigenvalue weighted by Crippen LogP contribution is -2.17. The van der Waals surface area contributed by atoms with Crippen LogP contribution in [0.5, 0.6) is 0 Å². The molecule has 18 heavy (non-hydrogen) atoms. The van der Waals surface area contributed by atoms with Crippen molar-refractivity contribution in [1.29, 1.82) is 0 Å². The van der Waals surface area contributed by atoms with Crippen molar-refractivity contribution in [3.8, 4) is 0 Å². The first kappa shape index (κ1) is 14.7. The van der Waals surface area contributed by atoms with E-state index in [0.717, 1.165) is 0 Å². The number of halogens is 3. The van der Waals surface area contributed by atoms with Crippen molar-refractivity contribution in [3.63, 3.8) is 0 Å². The SMILES string of the molecule is CCC(CNc1nc(C(F)(F)F)ns1)CC(=O)O. The number of carboxylic acids is 1. The van der Waals surface area contributed by atoms with Crippen LogP contribution in [0.2, 0.25) is 0 Å².